The number of hydrogen-bond acceptors (Lipinski definition) is 3. The van der Waals surface area contributed by atoms with Crippen LogP contribution in [0.15, 0.2) is 24.3 Å². The normalized spacial score (nSPS) is 14.3. The molecule has 2 rings (SSSR count). The molecule has 0 unspecified atom stereocenters. The number of nitrogens with one attached hydrogen (secondary N) is 2. The van der Waals surface area contributed by atoms with Crippen LogP contribution < -0.4 is 10.6 Å². The van der Waals surface area contributed by atoms with Crippen molar-refractivity contribution in [2.24, 2.45) is 0 Å². The Labute approximate surface area is 124 Å². The molecule has 0 heterocycles. The monoisotopic (exact) mass is 316 g/mol. The van der Waals surface area contributed by atoms with Crippen molar-refractivity contribution in [3.05, 3.63) is 35.4 Å². The Morgan fingerprint density at radius 1 is 1.18 bits per heavy atom. The minimum atomic E-state index is -4.55. The summed E-state index contributed by atoms with van der Waals surface area (Å²) in [5.74, 6) is -0.161. The molecule has 0 saturated heterocycles. The number of rotatable bonds is 5. The first kappa shape index (κ1) is 16.1. The van der Waals surface area contributed by atoms with Crippen molar-refractivity contribution >= 4 is 12.0 Å². The molecular formula is C14H15F3N2O3. The third-order valence-electron chi connectivity index (χ3n) is 2.93. The van der Waals surface area contributed by atoms with Gasteiger partial charge in [0.25, 0.3) is 5.91 Å². The first-order valence-electron chi connectivity index (χ1n) is 6.71. The Bertz CT molecular complexity index is 539. The highest BCUT2D eigenvalue weighted by Gasteiger charge is 2.29. The molecule has 8 heteroatoms. The van der Waals surface area contributed by atoms with E-state index < -0.39 is 18.9 Å². The minimum Gasteiger partial charge on any atom is -0.440 e. The fourth-order valence-electron chi connectivity index (χ4n) is 1.64. The maximum absolute atomic E-state index is 11.9. The topological polar surface area (TPSA) is 67.4 Å². The lowest BCUT2D eigenvalue weighted by atomic mass is 10.1. The van der Waals surface area contributed by atoms with Gasteiger partial charge in [-0.2, -0.15) is 13.2 Å². The van der Waals surface area contributed by atoms with Gasteiger partial charge in [-0.05, 0) is 30.5 Å². The summed E-state index contributed by atoms with van der Waals surface area (Å²) in [5.41, 5.74) is 1.14. The van der Waals surface area contributed by atoms with E-state index in [1.54, 1.807) is 24.3 Å². The SMILES string of the molecule is O=C(NCc1ccc(C(=O)NC2CC2)cc1)OCC(F)(F)F. The summed E-state index contributed by atoms with van der Waals surface area (Å²) in [7, 11) is 0. The first-order chi connectivity index (χ1) is 10.3. The molecule has 120 valence electrons. The molecule has 0 bridgehead atoms. The summed E-state index contributed by atoms with van der Waals surface area (Å²) < 4.78 is 39.6. The molecule has 1 aliphatic rings. The molecule has 1 saturated carbocycles. The van der Waals surface area contributed by atoms with Gasteiger partial charge in [-0.3, -0.25) is 4.79 Å². The Balaban J connectivity index is 1.76. The highest BCUT2D eigenvalue weighted by Crippen LogP contribution is 2.19. The number of hydrogen-bond donors (Lipinski definition) is 2. The van der Waals surface area contributed by atoms with Gasteiger partial charge in [0.2, 0.25) is 0 Å². The van der Waals surface area contributed by atoms with Gasteiger partial charge in [-0.15, -0.1) is 0 Å². The van der Waals surface area contributed by atoms with Gasteiger partial charge in [0.05, 0.1) is 0 Å². The molecule has 5 nitrogen and oxygen atoms in total. The molecule has 0 aliphatic heterocycles. The van der Waals surface area contributed by atoms with Crippen LogP contribution in [0.25, 0.3) is 0 Å². The van der Waals surface area contributed by atoms with Crippen molar-refractivity contribution < 1.29 is 27.5 Å². The highest BCUT2D eigenvalue weighted by atomic mass is 19.4. The van der Waals surface area contributed by atoms with E-state index in [0.717, 1.165) is 12.8 Å². The van der Waals surface area contributed by atoms with Crippen LogP contribution in [-0.2, 0) is 11.3 Å². The quantitative estimate of drug-likeness (QED) is 0.876. The molecule has 1 aromatic rings. The van der Waals surface area contributed by atoms with Crippen molar-refractivity contribution in [1.82, 2.24) is 10.6 Å². The van der Waals surface area contributed by atoms with Crippen molar-refractivity contribution in [3.8, 4) is 0 Å². The van der Waals surface area contributed by atoms with Gasteiger partial charge >= 0.3 is 12.3 Å². The van der Waals surface area contributed by atoms with Crippen molar-refractivity contribution in [2.75, 3.05) is 6.61 Å². The summed E-state index contributed by atoms with van der Waals surface area (Å²) >= 11 is 0. The van der Waals surface area contributed by atoms with Crippen LogP contribution in [0.4, 0.5) is 18.0 Å². The summed E-state index contributed by atoms with van der Waals surface area (Å²) in [4.78, 5) is 22.8. The second kappa shape index (κ2) is 6.67. The third-order valence-corrected chi connectivity index (χ3v) is 2.93. The standard InChI is InChI=1S/C14H15F3N2O3/c15-14(16,17)8-22-13(21)18-7-9-1-3-10(4-2-9)12(20)19-11-5-6-11/h1-4,11H,5-8H2,(H,18,21)(H,19,20). The molecule has 0 spiro atoms. The number of carbonyl (C=O) groups is 2. The number of alkyl halides is 3. The Morgan fingerprint density at radius 3 is 2.36 bits per heavy atom. The molecule has 0 atom stereocenters. The maximum atomic E-state index is 11.9. The highest BCUT2D eigenvalue weighted by molar-refractivity contribution is 5.94. The summed E-state index contributed by atoms with van der Waals surface area (Å²) in [6.45, 7) is -1.61. The van der Waals surface area contributed by atoms with Gasteiger partial charge in [-0.1, -0.05) is 12.1 Å². The van der Waals surface area contributed by atoms with Crippen LogP contribution in [0.3, 0.4) is 0 Å². The van der Waals surface area contributed by atoms with E-state index in [0.29, 0.717) is 11.1 Å². The van der Waals surface area contributed by atoms with Crippen molar-refractivity contribution in [2.45, 2.75) is 31.6 Å². The number of benzene rings is 1. The summed E-state index contributed by atoms with van der Waals surface area (Å²) in [6.07, 6.45) is -3.71. The average molecular weight is 316 g/mol. The number of ether oxygens (including phenoxy) is 1. The van der Waals surface area contributed by atoms with Crippen LogP contribution >= 0.6 is 0 Å². The lowest BCUT2D eigenvalue weighted by molar-refractivity contribution is -0.160. The number of halogens is 3. The van der Waals surface area contributed by atoms with Crippen molar-refractivity contribution in [1.29, 1.82) is 0 Å². The van der Waals surface area contributed by atoms with E-state index in [1.165, 1.54) is 0 Å². The number of carbonyl (C=O) groups excluding carboxylic acids is 2. The van der Waals surface area contributed by atoms with E-state index in [4.69, 9.17) is 0 Å². The van der Waals surface area contributed by atoms with E-state index in [-0.39, 0.29) is 18.5 Å². The Morgan fingerprint density at radius 2 is 1.82 bits per heavy atom. The van der Waals surface area contributed by atoms with Crippen LogP contribution in [0, 0.1) is 0 Å². The molecule has 22 heavy (non-hydrogen) atoms. The predicted molar refractivity (Wildman–Crippen MR) is 71.2 cm³/mol. The van der Waals surface area contributed by atoms with Crippen molar-refractivity contribution in [3.63, 3.8) is 0 Å². The molecular weight excluding hydrogens is 301 g/mol. The molecule has 1 fully saturated rings. The van der Waals surface area contributed by atoms with E-state index >= 15 is 0 Å². The first-order valence-corrected chi connectivity index (χ1v) is 6.71. The molecule has 0 aromatic heterocycles. The second-order valence-electron chi connectivity index (χ2n) is 4.99. The van der Waals surface area contributed by atoms with Gasteiger partial charge < -0.3 is 15.4 Å². The van der Waals surface area contributed by atoms with Gasteiger partial charge in [0.15, 0.2) is 6.61 Å². The third kappa shape index (κ3) is 5.63. The molecule has 1 aromatic carbocycles. The maximum Gasteiger partial charge on any atom is 0.422 e. The smallest absolute Gasteiger partial charge is 0.422 e. The Hall–Kier alpha value is -2.25. The minimum absolute atomic E-state index is 0.0151. The fraction of sp³-hybridized carbons (Fsp3) is 0.429. The van der Waals surface area contributed by atoms with E-state index in [2.05, 4.69) is 15.4 Å². The fourth-order valence-corrected chi connectivity index (χ4v) is 1.64. The molecule has 2 amide bonds. The van der Waals surface area contributed by atoms with E-state index in [9.17, 15) is 22.8 Å². The van der Waals surface area contributed by atoms with Crippen LogP contribution in [-0.4, -0.2) is 30.8 Å². The molecule has 2 N–H and O–H groups in total. The number of alkyl carbamates (subject to hydrolysis) is 1. The zero-order valence-electron chi connectivity index (χ0n) is 11.6. The average Bonchev–Trinajstić information content (AvgIpc) is 3.26. The molecule has 1 aliphatic carbocycles. The van der Waals surface area contributed by atoms with Crippen LogP contribution in [0.1, 0.15) is 28.8 Å². The van der Waals surface area contributed by atoms with Gasteiger partial charge in [0.1, 0.15) is 0 Å². The predicted octanol–water partition coefficient (Wildman–Crippen LogP) is 2.37. The Kier molecular flexibility index (Phi) is 4.89. The molecule has 0 radical (unpaired) electrons. The van der Waals surface area contributed by atoms with Gasteiger partial charge in [0, 0.05) is 18.2 Å². The zero-order valence-corrected chi connectivity index (χ0v) is 11.6. The second-order valence-corrected chi connectivity index (χ2v) is 4.99. The number of amides is 2. The lowest BCUT2D eigenvalue weighted by Crippen LogP contribution is -2.28. The zero-order chi connectivity index (χ0) is 16.2. The van der Waals surface area contributed by atoms with Crippen LogP contribution in [0.5, 0.6) is 0 Å². The lowest BCUT2D eigenvalue weighted by Gasteiger charge is -2.09. The summed E-state index contributed by atoms with van der Waals surface area (Å²) in [5, 5.41) is 5.04. The van der Waals surface area contributed by atoms with E-state index in [1.807, 2.05) is 0 Å². The largest absolute Gasteiger partial charge is 0.440 e. The van der Waals surface area contributed by atoms with Gasteiger partial charge in [-0.25, -0.2) is 4.79 Å². The van der Waals surface area contributed by atoms with Crippen LogP contribution in [0.2, 0.25) is 0 Å². The summed E-state index contributed by atoms with van der Waals surface area (Å²) in [6, 6.07) is 6.68.